The van der Waals surface area contributed by atoms with Crippen molar-refractivity contribution in [3.63, 3.8) is 0 Å². The lowest BCUT2D eigenvalue weighted by molar-refractivity contribution is -0.00282. The Hall–Kier alpha value is -1.40. The molecule has 2 rings (SSSR count). The highest BCUT2D eigenvalue weighted by atomic mass is 16.5. The Morgan fingerprint density at radius 3 is 2.76 bits per heavy atom. The van der Waals surface area contributed by atoms with Crippen molar-refractivity contribution in [2.75, 3.05) is 12.3 Å². The molecule has 4 atom stereocenters. The Labute approximate surface area is 98.8 Å². The molecule has 0 amide bonds. The minimum absolute atomic E-state index is 0.0394. The molecule has 1 aliphatic rings. The molecule has 1 aromatic rings. The molecule has 1 aromatic heterocycles. The summed E-state index contributed by atoms with van der Waals surface area (Å²) < 4.78 is 5.69. The number of H-pyrrole nitrogens is 1. The van der Waals surface area contributed by atoms with Crippen LogP contribution in [0.15, 0.2) is 11.0 Å². The molecule has 94 valence electrons. The molecule has 2 heterocycles. The first-order valence-corrected chi connectivity index (χ1v) is 5.65. The largest absolute Gasteiger partial charge is 0.394 e. The lowest BCUT2D eigenvalue weighted by Crippen LogP contribution is -2.21. The van der Waals surface area contributed by atoms with E-state index in [0.717, 1.165) is 0 Å². The van der Waals surface area contributed by atoms with E-state index >= 15 is 0 Å². The number of aromatic nitrogens is 2. The molecule has 0 radical (unpaired) electrons. The van der Waals surface area contributed by atoms with Crippen molar-refractivity contribution in [1.29, 1.82) is 0 Å². The maximum Gasteiger partial charge on any atom is 0.258 e. The number of nitrogens with one attached hydrogen (secondary N) is 1. The molecule has 4 N–H and O–H groups in total. The number of aromatic amines is 1. The van der Waals surface area contributed by atoms with E-state index in [1.807, 2.05) is 13.8 Å². The van der Waals surface area contributed by atoms with E-state index in [4.69, 9.17) is 10.5 Å². The van der Waals surface area contributed by atoms with Crippen molar-refractivity contribution >= 4 is 5.95 Å². The molecular formula is C11H17N3O3. The molecule has 1 aliphatic heterocycles. The van der Waals surface area contributed by atoms with E-state index in [1.165, 1.54) is 6.20 Å². The summed E-state index contributed by atoms with van der Waals surface area (Å²) in [4.78, 5) is 18.1. The van der Waals surface area contributed by atoms with Crippen LogP contribution in [0.5, 0.6) is 0 Å². The van der Waals surface area contributed by atoms with Crippen LogP contribution in [-0.2, 0) is 4.74 Å². The standard InChI is InChI=1S/C11H17N3O3/c1-5-6(2)9(17-8(5)4-15)7-3-13-11(12)14-10(7)16/h3,5-6,8-9,15H,4H2,1-2H3,(H3,12,13,14,16)/t5-,6+,8-,9-/m1/s1. The number of rotatable bonds is 2. The van der Waals surface area contributed by atoms with Crippen LogP contribution in [0.3, 0.4) is 0 Å². The van der Waals surface area contributed by atoms with Gasteiger partial charge in [-0.2, -0.15) is 0 Å². The first-order chi connectivity index (χ1) is 8.04. The molecule has 6 nitrogen and oxygen atoms in total. The quantitative estimate of drug-likeness (QED) is 0.677. The van der Waals surface area contributed by atoms with Gasteiger partial charge in [0.2, 0.25) is 0 Å². The summed E-state index contributed by atoms with van der Waals surface area (Å²) in [5, 5.41) is 9.19. The van der Waals surface area contributed by atoms with Crippen LogP contribution in [0.25, 0.3) is 0 Å². The van der Waals surface area contributed by atoms with Gasteiger partial charge in [0, 0.05) is 6.20 Å². The molecule has 1 saturated heterocycles. The fraction of sp³-hybridized carbons (Fsp3) is 0.636. The lowest BCUT2D eigenvalue weighted by atomic mass is 9.88. The van der Waals surface area contributed by atoms with Gasteiger partial charge in [0.15, 0.2) is 5.95 Å². The molecule has 0 aliphatic carbocycles. The number of hydrogen-bond donors (Lipinski definition) is 3. The van der Waals surface area contributed by atoms with E-state index in [0.29, 0.717) is 5.56 Å². The van der Waals surface area contributed by atoms with Gasteiger partial charge in [0.1, 0.15) is 0 Å². The summed E-state index contributed by atoms with van der Waals surface area (Å²) in [5.41, 5.74) is 5.58. The Balaban J connectivity index is 2.32. The van der Waals surface area contributed by atoms with Crippen molar-refractivity contribution < 1.29 is 9.84 Å². The highest BCUT2D eigenvalue weighted by Gasteiger charge is 2.40. The van der Waals surface area contributed by atoms with Crippen LogP contribution >= 0.6 is 0 Å². The first kappa shape index (κ1) is 12.1. The SMILES string of the molecule is C[C@@H]1[C@H](C)[C@H](c2cnc(N)[nH]c2=O)O[C@@H]1CO. The minimum Gasteiger partial charge on any atom is -0.394 e. The van der Waals surface area contributed by atoms with Crippen molar-refractivity contribution in [2.45, 2.75) is 26.1 Å². The van der Waals surface area contributed by atoms with E-state index in [2.05, 4.69) is 9.97 Å². The predicted molar refractivity (Wildman–Crippen MR) is 62.3 cm³/mol. The van der Waals surface area contributed by atoms with Gasteiger partial charge in [-0.05, 0) is 11.8 Å². The van der Waals surface area contributed by atoms with Gasteiger partial charge in [-0.15, -0.1) is 0 Å². The Kier molecular flexibility index (Phi) is 3.17. The summed E-state index contributed by atoms with van der Waals surface area (Å²) in [6.45, 7) is 3.97. The second-order valence-corrected chi connectivity index (χ2v) is 4.55. The number of nitrogen functional groups attached to an aromatic ring is 1. The van der Waals surface area contributed by atoms with Crippen LogP contribution in [0, 0.1) is 11.8 Å². The summed E-state index contributed by atoms with van der Waals surface area (Å²) in [6.07, 6.45) is 0.882. The molecule has 6 heteroatoms. The fourth-order valence-electron chi connectivity index (χ4n) is 2.24. The third-order valence-corrected chi connectivity index (χ3v) is 3.55. The smallest absolute Gasteiger partial charge is 0.258 e. The van der Waals surface area contributed by atoms with E-state index < -0.39 is 0 Å². The average molecular weight is 239 g/mol. The second kappa shape index (κ2) is 4.46. The van der Waals surface area contributed by atoms with Gasteiger partial charge >= 0.3 is 0 Å². The zero-order valence-corrected chi connectivity index (χ0v) is 9.88. The van der Waals surface area contributed by atoms with Crippen LogP contribution in [0.4, 0.5) is 5.95 Å². The summed E-state index contributed by atoms with van der Waals surface area (Å²) in [6, 6.07) is 0. The molecule has 1 fully saturated rings. The number of anilines is 1. The Morgan fingerprint density at radius 1 is 1.53 bits per heavy atom. The molecule has 0 saturated carbocycles. The predicted octanol–water partition coefficient (Wildman–Crippen LogP) is 0.0565. The zero-order chi connectivity index (χ0) is 12.6. The van der Waals surface area contributed by atoms with Gasteiger partial charge < -0.3 is 15.6 Å². The normalized spacial score (nSPS) is 32.9. The zero-order valence-electron chi connectivity index (χ0n) is 9.88. The summed E-state index contributed by atoms with van der Waals surface area (Å²) in [7, 11) is 0. The van der Waals surface area contributed by atoms with Gasteiger partial charge in [0.05, 0.1) is 24.4 Å². The fourth-order valence-corrected chi connectivity index (χ4v) is 2.24. The van der Waals surface area contributed by atoms with Crippen molar-refractivity contribution in [2.24, 2.45) is 11.8 Å². The van der Waals surface area contributed by atoms with Crippen LogP contribution in [-0.4, -0.2) is 27.8 Å². The Bertz CT molecular complexity index is 460. The molecule has 0 unspecified atom stereocenters. The molecule has 0 bridgehead atoms. The maximum atomic E-state index is 11.8. The number of nitrogens with two attached hydrogens (primary N) is 1. The highest BCUT2D eigenvalue weighted by Crippen LogP contribution is 2.40. The van der Waals surface area contributed by atoms with Crippen LogP contribution in [0.1, 0.15) is 25.5 Å². The maximum absolute atomic E-state index is 11.8. The van der Waals surface area contributed by atoms with Gasteiger partial charge in [-0.25, -0.2) is 4.98 Å². The average Bonchev–Trinajstić information content (AvgIpc) is 2.57. The number of hydrogen-bond acceptors (Lipinski definition) is 5. The third kappa shape index (κ3) is 2.05. The van der Waals surface area contributed by atoms with Gasteiger partial charge in [-0.1, -0.05) is 13.8 Å². The summed E-state index contributed by atoms with van der Waals surface area (Å²) in [5.74, 6) is 0.441. The molecule has 17 heavy (non-hydrogen) atoms. The molecular weight excluding hydrogens is 222 g/mol. The van der Waals surface area contributed by atoms with Gasteiger partial charge in [0.25, 0.3) is 5.56 Å². The topological polar surface area (TPSA) is 101 Å². The number of nitrogens with zero attached hydrogens (tertiary/aromatic N) is 1. The van der Waals surface area contributed by atoms with Crippen LogP contribution < -0.4 is 11.3 Å². The number of ether oxygens (including phenoxy) is 1. The summed E-state index contributed by atoms with van der Waals surface area (Å²) >= 11 is 0. The minimum atomic E-state index is -0.334. The first-order valence-electron chi connectivity index (χ1n) is 5.65. The molecule has 0 aromatic carbocycles. The monoisotopic (exact) mass is 239 g/mol. The third-order valence-electron chi connectivity index (χ3n) is 3.55. The second-order valence-electron chi connectivity index (χ2n) is 4.55. The van der Waals surface area contributed by atoms with Crippen molar-refractivity contribution in [3.8, 4) is 0 Å². The van der Waals surface area contributed by atoms with Crippen LogP contribution in [0.2, 0.25) is 0 Å². The number of aliphatic hydroxyl groups is 1. The van der Waals surface area contributed by atoms with Crippen molar-refractivity contribution in [3.05, 3.63) is 22.1 Å². The van der Waals surface area contributed by atoms with E-state index in [9.17, 15) is 9.90 Å². The highest BCUT2D eigenvalue weighted by molar-refractivity contribution is 5.20. The van der Waals surface area contributed by atoms with Gasteiger partial charge in [-0.3, -0.25) is 9.78 Å². The molecule has 0 spiro atoms. The van der Waals surface area contributed by atoms with Crippen molar-refractivity contribution in [1.82, 2.24) is 9.97 Å². The van der Waals surface area contributed by atoms with E-state index in [1.54, 1.807) is 0 Å². The van der Waals surface area contributed by atoms with E-state index in [-0.39, 0.29) is 42.2 Å². The lowest BCUT2D eigenvalue weighted by Gasteiger charge is -2.15. The Morgan fingerprint density at radius 2 is 2.24 bits per heavy atom. The number of aliphatic hydroxyl groups excluding tert-OH is 1.